The number of hydrogen-bond acceptors (Lipinski definition) is 18. The van der Waals surface area contributed by atoms with E-state index < -0.39 is 104 Å². The third kappa shape index (κ3) is 8.29. The molecule has 3 heterocycles. The number of carbonyl (C=O) groups is 1. The normalized spacial score (nSPS) is 28.3. The van der Waals surface area contributed by atoms with Crippen molar-refractivity contribution in [2.45, 2.75) is 61.4 Å². The molecule has 2 aliphatic rings. The van der Waals surface area contributed by atoms with Crippen LogP contribution in [0.1, 0.15) is 5.56 Å². The molecule has 1 aromatic heterocycles. The Kier molecular flexibility index (Phi) is 11.5. The molecule has 0 saturated carbocycles. The minimum Gasteiger partial charge on any atom is -0.507 e. The number of phenols is 5. The summed E-state index contributed by atoms with van der Waals surface area (Å²) in [5.41, 5.74) is 0.302. The number of hydrogen-bond donors (Lipinski definition) is 12. The average Bonchev–Trinajstić information content (AvgIpc) is 3.16. The first-order chi connectivity index (χ1) is 26.1. The number of benzene rings is 3. The molecule has 55 heavy (non-hydrogen) atoms. The van der Waals surface area contributed by atoms with Gasteiger partial charge >= 0.3 is 17.3 Å². The molecule has 6 rings (SSSR count). The standard InChI is InChI=1S/C36H36O19/c37-12-25-28(44)30(46)32(48)36(54-25)53-24-11-17-22(51-34(24)15-3-5-19(40)21(42)8-15)9-16(38)10-23(17)52-35-33(49)31(47)29(45)26(55-35)13-50-27(43)6-2-14-1-4-18(39)20(41)7-14/h1-11,25-26,28-33,35-37,44-49H,12-13H2,(H4-,38,39,40,41,42,43)/p+1/t25?,26?,28-,29-,30?,31+,32?,33?,35-,36-/m1/s1. The number of aliphatic hydroxyl groups excluding tert-OH is 7. The monoisotopic (exact) mass is 773 g/mol. The van der Waals surface area contributed by atoms with Gasteiger partial charge in [-0.2, -0.15) is 0 Å². The highest BCUT2D eigenvalue weighted by atomic mass is 16.7. The molecular formula is C36H37O19+. The number of rotatable bonds is 10. The molecule has 12 N–H and O–H groups in total. The van der Waals surface area contributed by atoms with Crippen LogP contribution in [0.5, 0.6) is 40.2 Å². The quantitative estimate of drug-likeness (QED) is 0.0419. The number of aliphatic hydroxyl groups is 7. The van der Waals surface area contributed by atoms with Gasteiger partial charge in [-0.3, -0.25) is 0 Å². The van der Waals surface area contributed by atoms with E-state index in [2.05, 4.69) is 0 Å². The highest BCUT2D eigenvalue weighted by molar-refractivity contribution is 5.89. The summed E-state index contributed by atoms with van der Waals surface area (Å²) in [7, 11) is 0. The van der Waals surface area contributed by atoms with E-state index in [1.54, 1.807) is 0 Å². The van der Waals surface area contributed by atoms with Crippen molar-refractivity contribution in [2.24, 2.45) is 0 Å². The van der Waals surface area contributed by atoms with Gasteiger partial charge in [0.05, 0.1) is 18.2 Å². The van der Waals surface area contributed by atoms with Crippen LogP contribution in [0, 0.1) is 0 Å². The lowest BCUT2D eigenvalue weighted by atomic mass is 9.99. The van der Waals surface area contributed by atoms with Crippen molar-refractivity contribution >= 4 is 23.0 Å². The smallest absolute Gasteiger partial charge is 0.402 e. The molecule has 0 radical (unpaired) electrons. The van der Waals surface area contributed by atoms with E-state index in [9.17, 15) is 66.1 Å². The van der Waals surface area contributed by atoms with Crippen molar-refractivity contribution in [1.29, 1.82) is 0 Å². The number of fused-ring (bicyclic) bond motifs is 1. The topological polar surface area (TPSA) is 317 Å². The van der Waals surface area contributed by atoms with Gasteiger partial charge in [0.1, 0.15) is 72.3 Å². The van der Waals surface area contributed by atoms with Crippen molar-refractivity contribution in [3.8, 4) is 51.6 Å². The summed E-state index contributed by atoms with van der Waals surface area (Å²) in [4.78, 5) is 12.4. The highest BCUT2D eigenvalue weighted by Crippen LogP contribution is 2.43. The Balaban J connectivity index is 1.29. The molecule has 2 fully saturated rings. The van der Waals surface area contributed by atoms with Gasteiger partial charge in [-0.25, -0.2) is 9.21 Å². The fourth-order valence-electron chi connectivity index (χ4n) is 5.81. The number of carbonyl (C=O) groups excluding carboxylic acids is 1. The van der Waals surface area contributed by atoms with Crippen LogP contribution >= 0.6 is 0 Å². The summed E-state index contributed by atoms with van der Waals surface area (Å²) in [6.45, 7) is -1.42. The fourth-order valence-corrected chi connectivity index (χ4v) is 5.81. The number of ether oxygens (including phenoxy) is 5. The second-order valence-corrected chi connectivity index (χ2v) is 12.7. The zero-order valence-electron chi connectivity index (χ0n) is 28.3. The van der Waals surface area contributed by atoms with E-state index in [1.807, 2.05) is 0 Å². The lowest BCUT2D eigenvalue weighted by Gasteiger charge is -2.40. The SMILES string of the molecule is O=C(/C=C/c1ccc(O)c(O)c1)OCC1O[C@@H](Oc2cc(O)cc3[o+]c(-c4ccc(O)c(O)c4)c(O[C@@H]4OC(CO)[C@@H](O)C(O)C4O)cc23)C(O)[C@@H](O)[C@@H]1O. The van der Waals surface area contributed by atoms with Gasteiger partial charge in [0.15, 0.2) is 23.0 Å². The van der Waals surface area contributed by atoms with Crippen molar-refractivity contribution < 1.29 is 94.2 Å². The largest absolute Gasteiger partial charge is 0.507 e. The zero-order chi connectivity index (χ0) is 39.7. The lowest BCUT2D eigenvalue weighted by Crippen LogP contribution is -2.60. The Hall–Kier alpha value is -5.48. The lowest BCUT2D eigenvalue weighted by molar-refractivity contribution is -0.278. The van der Waals surface area contributed by atoms with Crippen LogP contribution in [0.3, 0.4) is 0 Å². The van der Waals surface area contributed by atoms with Crippen molar-refractivity contribution in [3.63, 3.8) is 0 Å². The molecule has 0 bridgehead atoms. The van der Waals surface area contributed by atoms with Gasteiger partial charge in [0.25, 0.3) is 0 Å². The minimum absolute atomic E-state index is 0.0195. The maximum Gasteiger partial charge on any atom is 0.402 e. The van der Waals surface area contributed by atoms with E-state index in [0.29, 0.717) is 5.56 Å². The maximum atomic E-state index is 12.4. The molecule has 0 aliphatic carbocycles. The summed E-state index contributed by atoms with van der Waals surface area (Å²) in [6, 6.07) is 10.8. The van der Waals surface area contributed by atoms with Crippen LogP contribution in [0.4, 0.5) is 0 Å². The third-order valence-electron chi connectivity index (χ3n) is 8.84. The molecule has 4 aromatic rings. The van der Waals surface area contributed by atoms with Crippen LogP contribution in [0.25, 0.3) is 28.4 Å². The Morgan fingerprint density at radius 1 is 0.673 bits per heavy atom. The van der Waals surface area contributed by atoms with Gasteiger partial charge in [0.2, 0.25) is 18.3 Å². The first-order valence-corrected chi connectivity index (χ1v) is 16.5. The van der Waals surface area contributed by atoms with Crippen molar-refractivity contribution in [2.75, 3.05) is 13.2 Å². The van der Waals surface area contributed by atoms with Gasteiger partial charge in [-0.05, 0) is 35.9 Å². The fraction of sp³-hybridized carbons (Fsp3) is 0.333. The summed E-state index contributed by atoms with van der Waals surface area (Å²) in [5.74, 6) is -3.95. The zero-order valence-corrected chi connectivity index (χ0v) is 28.3. The molecule has 2 aliphatic heterocycles. The molecule has 19 heteroatoms. The molecule has 0 spiro atoms. The maximum absolute atomic E-state index is 12.4. The molecule has 0 amide bonds. The van der Waals surface area contributed by atoms with E-state index in [1.165, 1.54) is 36.4 Å². The van der Waals surface area contributed by atoms with Crippen LogP contribution < -0.4 is 9.47 Å². The Morgan fingerprint density at radius 3 is 1.91 bits per heavy atom. The Morgan fingerprint density at radius 2 is 1.27 bits per heavy atom. The molecule has 10 atom stereocenters. The average molecular weight is 774 g/mol. The Labute approximate surface area is 309 Å². The minimum atomic E-state index is -1.91. The molecule has 2 saturated heterocycles. The molecule has 5 unspecified atom stereocenters. The first-order valence-electron chi connectivity index (χ1n) is 16.5. The molecule has 3 aromatic carbocycles. The van der Waals surface area contributed by atoms with Gasteiger partial charge < -0.3 is 85.0 Å². The second-order valence-electron chi connectivity index (χ2n) is 12.7. The van der Waals surface area contributed by atoms with E-state index in [-0.39, 0.29) is 39.5 Å². The summed E-state index contributed by atoms with van der Waals surface area (Å²) < 4.78 is 34.1. The highest BCUT2D eigenvalue weighted by Gasteiger charge is 2.47. The van der Waals surface area contributed by atoms with E-state index >= 15 is 0 Å². The predicted octanol–water partition coefficient (Wildman–Crippen LogP) is -0.469. The van der Waals surface area contributed by atoms with E-state index in [4.69, 9.17) is 28.1 Å². The van der Waals surface area contributed by atoms with Crippen LogP contribution in [-0.2, 0) is 19.0 Å². The number of esters is 1. The van der Waals surface area contributed by atoms with Crippen molar-refractivity contribution in [3.05, 3.63) is 66.2 Å². The van der Waals surface area contributed by atoms with Gasteiger partial charge in [-0.15, -0.1) is 0 Å². The van der Waals surface area contributed by atoms with E-state index in [0.717, 1.165) is 30.3 Å². The van der Waals surface area contributed by atoms with Gasteiger partial charge in [-0.1, -0.05) is 6.07 Å². The van der Waals surface area contributed by atoms with Crippen LogP contribution in [0.2, 0.25) is 0 Å². The molecule has 19 nitrogen and oxygen atoms in total. The second kappa shape index (κ2) is 16.1. The van der Waals surface area contributed by atoms with Crippen LogP contribution in [-0.4, -0.2) is 142 Å². The van der Waals surface area contributed by atoms with Gasteiger partial charge in [0, 0.05) is 24.3 Å². The number of phenolic OH excluding ortho intramolecular Hbond substituents is 5. The number of aromatic hydroxyl groups is 5. The summed E-state index contributed by atoms with van der Waals surface area (Å²) in [6.07, 6.45) is -15.1. The van der Waals surface area contributed by atoms with Crippen molar-refractivity contribution in [1.82, 2.24) is 0 Å². The predicted molar refractivity (Wildman–Crippen MR) is 183 cm³/mol. The molecular weight excluding hydrogens is 736 g/mol. The summed E-state index contributed by atoms with van der Waals surface area (Å²) in [5, 5.41) is 123. The molecule has 294 valence electrons. The third-order valence-corrected chi connectivity index (χ3v) is 8.84. The summed E-state index contributed by atoms with van der Waals surface area (Å²) >= 11 is 0. The first kappa shape index (κ1) is 39.2. The Bertz CT molecular complexity index is 2050. The van der Waals surface area contributed by atoms with Crippen LogP contribution in [0.15, 0.2) is 65.1 Å².